The molecule has 0 amide bonds. The Hall–Kier alpha value is -16.6. The zero-order valence-corrected chi connectivity index (χ0v) is 82.8. The van der Waals surface area contributed by atoms with E-state index in [1.165, 1.54) is 75.2 Å². The van der Waals surface area contributed by atoms with Crippen molar-refractivity contribution in [2.75, 3.05) is 0 Å². The Kier molecular flexibility index (Phi) is 33.1. The number of hydrogen-bond donors (Lipinski definition) is 6. The molecule has 6 N–H and O–H groups in total. The van der Waals surface area contributed by atoms with Crippen LogP contribution in [0, 0.1) is 96.9 Å². The van der Waals surface area contributed by atoms with Gasteiger partial charge in [-0.25, -0.2) is 59.4 Å². The van der Waals surface area contributed by atoms with Gasteiger partial charge in [-0.1, -0.05) is 201 Å². The van der Waals surface area contributed by atoms with E-state index in [4.69, 9.17) is 40.0 Å². The number of nitrogens with one attached hydrogen (secondary N) is 6. The van der Waals surface area contributed by atoms with E-state index >= 15 is 0 Å². The SMILES string of the molecule is CCc1cccc(-n2nn[nH]c2=O)c1COc1ccc(C)cc1C.Cc1ccc(OCc2c(Br)cccc2-n2nn[nH]c2=O)c(C)c1.Cc1ccc(OCc2c(C)cccc2-n2nn[nH]c2=O)c(C)c1.Cc1ccc(OCc2c(C)cccc2-n2nn[nH]c2=O)c(C)c1.Cc1ccc(OCc2c(C3CC3)cccc2-n2nn[nH]c2=O)c(C)c1.Cc1ccc(OCc2c(Cl)cccc2-n2nn[nH]c2=O)c(C)c1. The zero-order valence-electron chi connectivity index (χ0n) is 80.4. The Morgan fingerprint density at radius 3 is 0.816 bits per heavy atom. The Labute approximate surface area is 822 Å². The van der Waals surface area contributed by atoms with Gasteiger partial charge in [-0.15, -0.1) is 0 Å². The van der Waals surface area contributed by atoms with Crippen LogP contribution in [0.15, 0.2) is 252 Å². The molecule has 18 aromatic rings. The van der Waals surface area contributed by atoms with E-state index in [2.05, 4.69) is 166 Å². The normalized spacial score (nSPS) is 11.3. The van der Waals surface area contributed by atoms with E-state index in [9.17, 15) is 28.8 Å². The van der Waals surface area contributed by atoms with Gasteiger partial charge in [0, 0.05) is 42.9 Å². The highest BCUT2D eigenvalue weighted by Gasteiger charge is 2.29. The van der Waals surface area contributed by atoms with Crippen molar-refractivity contribution in [1.29, 1.82) is 0 Å². The molecule has 19 rings (SSSR count). The number of nitrogens with zero attached hydrogens (tertiary/aromatic N) is 18. The van der Waals surface area contributed by atoms with Crippen LogP contribution in [0.1, 0.15) is 148 Å². The van der Waals surface area contributed by atoms with Crippen LogP contribution in [-0.4, -0.2) is 121 Å². The maximum absolute atomic E-state index is 12.0. The van der Waals surface area contributed by atoms with Gasteiger partial charge in [-0.3, -0.25) is 0 Å². The van der Waals surface area contributed by atoms with Gasteiger partial charge >= 0.3 is 34.1 Å². The molecule has 1 aliphatic carbocycles. The summed E-state index contributed by atoms with van der Waals surface area (Å²) in [5.74, 6) is 5.48. The Morgan fingerprint density at radius 1 is 0.284 bits per heavy atom. The molecule has 0 aliphatic heterocycles. The van der Waals surface area contributed by atoms with E-state index in [1.807, 2.05) is 241 Å². The Bertz CT molecular complexity index is 7230. The number of H-pyrrole nitrogens is 6. The summed E-state index contributed by atoms with van der Waals surface area (Å²) in [5, 5.41) is 58.6. The number of aryl methyl sites for hydroxylation is 15. The minimum absolute atomic E-state index is 0.220. The fourth-order valence-corrected chi connectivity index (χ4v) is 16.5. The van der Waals surface area contributed by atoms with Crippen LogP contribution >= 0.6 is 27.5 Å². The number of aromatic amines is 6. The van der Waals surface area contributed by atoms with Crippen LogP contribution in [0.25, 0.3) is 34.1 Å². The maximum Gasteiger partial charge on any atom is 0.365 e. The van der Waals surface area contributed by atoms with Crippen LogP contribution in [0.3, 0.4) is 0 Å². The molecule has 0 bridgehead atoms. The summed E-state index contributed by atoms with van der Waals surface area (Å²) in [6, 6.07) is 70.2. The van der Waals surface area contributed by atoms with Crippen LogP contribution in [-0.2, 0) is 46.1 Å². The minimum atomic E-state index is -0.431. The third-order valence-electron chi connectivity index (χ3n) is 23.2. The van der Waals surface area contributed by atoms with Crippen molar-refractivity contribution in [2.24, 2.45) is 0 Å². The van der Waals surface area contributed by atoms with Gasteiger partial charge in [0.15, 0.2) is 0 Å². The third-order valence-corrected chi connectivity index (χ3v) is 24.3. The first-order valence-corrected chi connectivity index (χ1v) is 46.3. The number of tetrazole rings is 6. The highest BCUT2D eigenvalue weighted by molar-refractivity contribution is 9.10. The predicted octanol–water partition coefficient (Wildman–Crippen LogP) is 16.4. The van der Waals surface area contributed by atoms with Crippen LogP contribution in [0.5, 0.6) is 34.5 Å². The van der Waals surface area contributed by atoms with E-state index in [-0.39, 0.29) is 29.4 Å². The monoisotopic (exact) mass is 1980 g/mol. The van der Waals surface area contributed by atoms with Crippen LogP contribution < -0.4 is 62.6 Å². The van der Waals surface area contributed by atoms with Crippen molar-refractivity contribution in [1.82, 2.24) is 121 Å². The highest BCUT2D eigenvalue weighted by atomic mass is 79.9. The second-order valence-corrected chi connectivity index (χ2v) is 35.1. The van der Waals surface area contributed by atoms with Crippen molar-refractivity contribution < 1.29 is 28.4 Å². The van der Waals surface area contributed by atoms with Crippen molar-refractivity contribution in [2.45, 2.75) is 169 Å². The topological polar surface area (TPSA) is 437 Å². The number of ether oxygens (including phenoxy) is 6. The van der Waals surface area contributed by atoms with E-state index in [0.717, 1.165) is 134 Å². The first-order chi connectivity index (χ1) is 68.0. The van der Waals surface area contributed by atoms with Gasteiger partial charge < -0.3 is 28.4 Å². The molecule has 0 unspecified atom stereocenters. The fraction of sp³-hybridized carbons (Fsp3) is 0.243. The van der Waals surface area contributed by atoms with E-state index < -0.39 is 11.4 Å². The molecule has 141 heavy (non-hydrogen) atoms. The molecule has 0 saturated heterocycles. The van der Waals surface area contributed by atoms with Crippen molar-refractivity contribution in [3.05, 3.63) is 413 Å². The molecular weight excluding hydrogens is 1880 g/mol. The predicted molar refractivity (Wildman–Crippen MR) is 537 cm³/mol. The number of rotatable bonds is 26. The van der Waals surface area contributed by atoms with Gasteiger partial charge in [0.05, 0.1) is 34.1 Å². The Morgan fingerprint density at radius 2 is 0.525 bits per heavy atom. The lowest BCUT2D eigenvalue weighted by Crippen LogP contribution is -2.19. The molecule has 0 atom stereocenters. The van der Waals surface area contributed by atoms with E-state index in [0.29, 0.717) is 78.0 Å². The lowest BCUT2D eigenvalue weighted by molar-refractivity contribution is 0.302. The lowest BCUT2D eigenvalue weighted by atomic mass is 10.0. The van der Waals surface area contributed by atoms with Gasteiger partial charge in [-0.05, 0) is 325 Å². The molecular formula is C103H106BrClN24O12. The summed E-state index contributed by atoms with van der Waals surface area (Å²) in [6.07, 6.45) is 3.19. The summed E-state index contributed by atoms with van der Waals surface area (Å²) in [7, 11) is 0. The summed E-state index contributed by atoms with van der Waals surface area (Å²) >= 11 is 9.78. The molecule has 6 aromatic heterocycles. The first-order valence-electron chi connectivity index (χ1n) is 45.2. The van der Waals surface area contributed by atoms with Gasteiger partial charge in [0.25, 0.3) is 0 Å². The summed E-state index contributed by atoms with van der Waals surface area (Å²) in [6.45, 7) is 32.4. The highest BCUT2D eigenvalue weighted by Crippen LogP contribution is 2.43. The molecule has 0 spiro atoms. The zero-order chi connectivity index (χ0) is 100. The van der Waals surface area contributed by atoms with Crippen molar-refractivity contribution in [3.8, 4) is 68.6 Å². The number of aromatic nitrogens is 24. The van der Waals surface area contributed by atoms with Crippen molar-refractivity contribution >= 4 is 27.5 Å². The van der Waals surface area contributed by atoms with Gasteiger partial charge in [0.2, 0.25) is 0 Å². The number of halogens is 2. The second-order valence-electron chi connectivity index (χ2n) is 33.9. The summed E-state index contributed by atoms with van der Waals surface area (Å²) < 4.78 is 44.1. The smallest absolute Gasteiger partial charge is 0.365 e. The summed E-state index contributed by atoms with van der Waals surface area (Å²) in [5.41, 5.74) is 24.9. The van der Waals surface area contributed by atoms with E-state index in [1.54, 1.807) is 24.3 Å². The van der Waals surface area contributed by atoms with Crippen LogP contribution in [0.2, 0.25) is 5.02 Å². The first kappa shape index (κ1) is 100. The lowest BCUT2D eigenvalue weighted by Gasteiger charge is -2.16. The van der Waals surface area contributed by atoms with Gasteiger partial charge in [0.1, 0.15) is 74.1 Å². The minimum Gasteiger partial charge on any atom is -0.489 e. The molecule has 1 fully saturated rings. The average Bonchev–Trinajstić information content (AvgIpc) is 1.65. The largest absolute Gasteiger partial charge is 0.489 e. The molecule has 36 nitrogen and oxygen atoms in total. The molecule has 6 heterocycles. The second kappa shape index (κ2) is 46.5. The molecule has 0 radical (unpaired) electrons. The molecule has 724 valence electrons. The van der Waals surface area contributed by atoms with Crippen molar-refractivity contribution in [3.63, 3.8) is 0 Å². The third kappa shape index (κ3) is 25.3. The molecule has 1 aliphatic rings. The maximum atomic E-state index is 12.0. The summed E-state index contributed by atoms with van der Waals surface area (Å²) in [4.78, 5) is 71.0. The number of hydrogen-bond acceptors (Lipinski definition) is 24. The fourth-order valence-electron chi connectivity index (χ4n) is 15.8. The molecule has 12 aromatic carbocycles. The average molecular weight is 1990 g/mol. The quantitative estimate of drug-likeness (QED) is 0.0293. The van der Waals surface area contributed by atoms with Gasteiger partial charge in [-0.2, -0.15) is 28.1 Å². The number of benzene rings is 12. The van der Waals surface area contributed by atoms with Crippen LogP contribution in [0.4, 0.5) is 0 Å². The molecule has 38 heteroatoms. The molecule has 1 saturated carbocycles. The Balaban J connectivity index is 0.000000135. The standard InChI is InChI=1S/C19H20N4O2.C18H20N4O2.2C17H18N4O2.C16H15BrN4O2.C16H15ClN4O2/c1-12-6-9-18(13(2)10-12)25-11-16-15(14-7-8-14)4-3-5-17(16)23-19(24)20-21-22-23;1-4-14-6-5-7-16(22-18(23)19-20-21-22)15(14)11-24-17-9-8-12(2)10-13(17)3;2*1-11-7-8-16(13(3)9-11)23-10-14-12(2)5-4-6-15(14)21-17(22)18-19-20-21;2*1-10-6-7-15(11(2)8-10)23-9-12-13(17)4-3-5-14(12)21-16(22)18-19-20-21/h3-6,9-10,14H,7-8,11H2,1-2H3,(H,20,22,24);5-10H,4,11H2,1-3H3,(H,19,21,23);2*4-9H,10H2,1-3H3,(H,18,20,22);2*3-8H,9H2,1-2H3,(H,18,20,22).